The van der Waals surface area contributed by atoms with E-state index in [1.54, 1.807) is 53.9 Å². The molecule has 43 heavy (non-hydrogen) atoms. The normalized spacial score (nSPS) is 13.9. The predicted molar refractivity (Wildman–Crippen MR) is 159 cm³/mol. The van der Waals surface area contributed by atoms with Crippen LogP contribution < -0.4 is 15.2 Å². The Morgan fingerprint density at radius 3 is 2.53 bits per heavy atom. The average Bonchev–Trinajstić information content (AvgIpc) is 3.55. The molecule has 12 heteroatoms. The van der Waals surface area contributed by atoms with Gasteiger partial charge in [-0.05, 0) is 36.8 Å². The lowest BCUT2D eigenvalue weighted by Crippen LogP contribution is -2.37. The highest BCUT2D eigenvalue weighted by molar-refractivity contribution is 5.89. The molecular weight excluding hydrogens is 553 g/mol. The summed E-state index contributed by atoms with van der Waals surface area (Å²) in [6.07, 6.45) is 2.43. The van der Waals surface area contributed by atoms with Crippen LogP contribution in [0.4, 0.5) is 4.39 Å². The molecule has 0 saturated carbocycles. The fraction of sp³-hybridized carbons (Fsp3) is 0.355. The van der Waals surface area contributed by atoms with Gasteiger partial charge < -0.3 is 14.2 Å². The summed E-state index contributed by atoms with van der Waals surface area (Å²) in [5, 5.41) is 10.4. The van der Waals surface area contributed by atoms with Crippen molar-refractivity contribution in [2.75, 3.05) is 47.1 Å². The summed E-state index contributed by atoms with van der Waals surface area (Å²) < 4.78 is 35.8. The van der Waals surface area contributed by atoms with Gasteiger partial charge in [-0.25, -0.2) is 23.5 Å². The number of morpholine rings is 1. The van der Waals surface area contributed by atoms with E-state index < -0.39 is 0 Å². The van der Waals surface area contributed by atoms with Gasteiger partial charge in [-0.1, -0.05) is 18.2 Å². The Morgan fingerprint density at radius 1 is 0.907 bits per heavy atom. The van der Waals surface area contributed by atoms with Gasteiger partial charge in [0.1, 0.15) is 23.0 Å². The molecule has 0 radical (unpaired) electrons. The SMILES string of the molecule is COc1ccc(Cn2c(-c3nn(Cc4ccccc4F)c4ncccc34)nn(CCCN3CCOCC3)c2=O)c(OC)c1. The second kappa shape index (κ2) is 12.8. The summed E-state index contributed by atoms with van der Waals surface area (Å²) in [5.41, 5.74) is 2.08. The van der Waals surface area contributed by atoms with Crippen molar-refractivity contribution in [3.05, 3.63) is 88.2 Å². The van der Waals surface area contributed by atoms with Crippen molar-refractivity contribution in [2.45, 2.75) is 26.1 Å². The molecule has 1 aliphatic rings. The first-order valence-electron chi connectivity index (χ1n) is 14.3. The zero-order chi connectivity index (χ0) is 29.8. The molecule has 1 fully saturated rings. The van der Waals surface area contributed by atoms with Crippen LogP contribution in [-0.2, 0) is 24.4 Å². The molecule has 3 aromatic heterocycles. The lowest BCUT2D eigenvalue weighted by molar-refractivity contribution is 0.0368. The van der Waals surface area contributed by atoms with E-state index in [4.69, 9.17) is 24.4 Å². The molecule has 0 spiro atoms. The van der Waals surface area contributed by atoms with Crippen LogP contribution in [0.3, 0.4) is 0 Å². The average molecular weight is 588 g/mol. The maximum atomic E-state index is 14.6. The van der Waals surface area contributed by atoms with Crippen molar-refractivity contribution in [1.82, 2.24) is 34.0 Å². The van der Waals surface area contributed by atoms with E-state index in [1.807, 2.05) is 24.3 Å². The van der Waals surface area contributed by atoms with Crippen LogP contribution in [0.2, 0.25) is 0 Å². The quantitative estimate of drug-likeness (QED) is 0.232. The maximum Gasteiger partial charge on any atom is 0.346 e. The summed E-state index contributed by atoms with van der Waals surface area (Å²) in [4.78, 5) is 20.8. The van der Waals surface area contributed by atoms with Gasteiger partial charge in [-0.3, -0.25) is 9.47 Å². The summed E-state index contributed by atoms with van der Waals surface area (Å²) in [6, 6.07) is 15.8. The number of rotatable bonds is 11. The minimum atomic E-state index is -0.323. The molecular formula is C31H34FN7O4. The van der Waals surface area contributed by atoms with Crippen LogP contribution >= 0.6 is 0 Å². The third-order valence-corrected chi connectivity index (χ3v) is 7.69. The van der Waals surface area contributed by atoms with Gasteiger partial charge in [0.2, 0.25) is 0 Å². The highest BCUT2D eigenvalue weighted by Gasteiger charge is 2.23. The van der Waals surface area contributed by atoms with Crippen molar-refractivity contribution < 1.29 is 18.6 Å². The molecule has 0 amide bonds. The maximum absolute atomic E-state index is 14.6. The van der Waals surface area contributed by atoms with Crippen molar-refractivity contribution >= 4 is 11.0 Å². The Labute approximate surface area is 248 Å². The van der Waals surface area contributed by atoms with Crippen molar-refractivity contribution in [1.29, 1.82) is 0 Å². The number of halogens is 1. The van der Waals surface area contributed by atoms with Crippen LogP contribution in [0.1, 0.15) is 17.5 Å². The second-order valence-electron chi connectivity index (χ2n) is 10.4. The molecule has 1 saturated heterocycles. The van der Waals surface area contributed by atoms with E-state index >= 15 is 0 Å². The minimum Gasteiger partial charge on any atom is -0.497 e. The molecule has 0 bridgehead atoms. The Morgan fingerprint density at radius 2 is 1.74 bits per heavy atom. The molecule has 0 unspecified atom stereocenters. The van der Waals surface area contributed by atoms with E-state index in [0.29, 0.717) is 46.2 Å². The van der Waals surface area contributed by atoms with Crippen LogP contribution in [0, 0.1) is 5.82 Å². The number of fused-ring (bicyclic) bond motifs is 1. The molecule has 11 nitrogen and oxygen atoms in total. The molecule has 5 aromatic rings. The van der Waals surface area contributed by atoms with E-state index in [2.05, 4.69) is 9.88 Å². The fourth-order valence-corrected chi connectivity index (χ4v) is 5.40. The third kappa shape index (κ3) is 6.02. The Balaban J connectivity index is 1.41. The number of aromatic nitrogens is 6. The summed E-state index contributed by atoms with van der Waals surface area (Å²) in [6.45, 7) is 4.87. The van der Waals surface area contributed by atoms with Gasteiger partial charge in [-0.15, -0.1) is 5.10 Å². The van der Waals surface area contributed by atoms with Gasteiger partial charge in [0.25, 0.3) is 0 Å². The number of hydrogen-bond donors (Lipinski definition) is 0. The number of benzene rings is 2. The first-order valence-corrected chi connectivity index (χ1v) is 14.3. The Hall–Kier alpha value is -4.55. The number of aryl methyl sites for hydroxylation is 1. The van der Waals surface area contributed by atoms with Gasteiger partial charge in [-0.2, -0.15) is 5.10 Å². The standard InChI is InChI=1S/C31H34FN7O4/c1-41-24-11-10-23(27(19-24)42-2)20-37-30(35-38(31(37)40)14-6-13-36-15-17-43-18-16-36)28-25-8-5-12-33-29(25)39(34-28)21-22-7-3-4-9-26(22)32/h3-5,7-12,19H,6,13-18,20-21H2,1-2H3. The number of nitrogens with zero attached hydrogens (tertiary/aromatic N) is 7. The highest BCUT2D eigenvalue weighted by Crippen LogP contribution is 2.29. The van der Waals surface area contributed by atoms with E-state index in [1.165, 1.54) is 10.7 Å². The predicted octanol–water partition coefficient (Wildman–Crippen LogP) is 3.43. The lowest BCUT2D eigenvalue weighted by Gasteiger charge is -2.26. The van der Waals surface area contributed by atoms with Gasteiger partial charge in [0.05, 0.1) is 45.9 Å². The zero-order valence-corrected chi connectivity index (χ0v) is 24.3. The number of hydrogen-bond acceptors (Lipinski definition) is 8. The van der Waals surface area contributed by atoms with Crippen LogP contribution in [0.25, 0.3) is 22.6 Å². The molecule has 2 aromatic carbocycles. The zero-order valence-electron chi connectivity index (χ0n) is 24.3. The molecule has 0 atom stereocenters. The molecule has 0 aliphatic carbocycles. The summed E-state index contributed by atoms with van der Waals surface area (Å²) in [7, 11) is 3.18. The van der Waals surface area contributed by atoms with Crippen molar-refractivity contribution in [3.8, 4) is 23.0 Å². The number of methoxy groups -OCH3 is 2. The fourth-order valence-electron chi connectivity index (χ4n) is 5.40. The molecule has 6 rings (SSSR count). The van der Waals surface area contributed by atoms with E-state index in [9.17, 15) is 9.18 Å². The van der Waals surface area contributed by atoms with Crippen molar-refractivity contribution in [3.63, 3.8) is 0 Å². The van der Waals surface area contributed by atoms with Crippen LogP contribution in [0.5, 0.6) is 11.5 Å². The number of pyridine rings is 1. The molecule has 4 heterocycles. The van der Waals surface area contributed by atoms with Gasteiger partial charge >= 0.3 is 5.69 Å². The number of ether oxygens (including phenoxy) is 3. The molecule has 224 valence electrons. The first-order chi connectivity index (χ1) is 21.1. The Kier molecular flexibility index (Phi) is 8.47. The smallest absolute Gasteiger partial charge is 0.346 e. The monoisotopic (exact) mass is 587 g/mol. The minimum absolute atomic E-state index is 0.178. The van der Waals surface area contributed by atoms with Crippen molar-refractivity contribution in [2.24, 2.45) is 0 Å². The van der Waals surface area contributed by atoms with Gasteiger partial charge in [0, 0.05) is 49.6 Å². The topological polar surface area (TPSA) is 101 Å². The Bertz CT molecular complexity index is 1770. The van der Waals surface area contributed by atoms with Crippen LogP contribution in [-0.4, -0.2) is 81.1 Å². The first kappa shape index (κ1) is 28.6. The largest absolute Gasteiger partial charge is 0.497 e. The highest BCUT2D eigenvalue weighted by atomic mass is 19.1. The summed E-state index contributed by atoms with van der Waals surface area (Å²) >= 11 is 0. The van der Waals surface area contributed by atoms with E-state index in [0.717, 1.165) is 44.8 Å². The lowest BCUT2D eigenvalue weighted by atomic mass is 10.2. The van der Waals surface area contributed by atoms with E-state index in [-0.39, 0.29) is 24.6 Å². The molecule has 1 aliphatic heterocycles. The second-order valence-corrected chi connectivity index (χ2v) is 10.4. The summed E-state index contributed by atoms with van der Waals surface area (Å²) in [5.74, 6) is 1.32. The third-order valence-electron chi connectivity index (χ3n) is 7.69. The van der Waals surface area contributed by atoms with Gasteiger partial charge in [0.15, 0.2) is 11.5 Å². The van der Waals surface area contributed by atoms with Crippen LogP contribution in [0.15, 0.2) is 65.6 Å². The molecule has 0 N–H and O–H groups in total.